The van der Waals surface area contributed by atoms with Gasteiger partial charge in [0.15, 0.2) is 0 Å². The second kappa shape index (κ2) is 7.37. The molecule has 0 saturated heterocycles. The van der Waals surface area contributed by atoms with Crippen molar-refractivity contribution in [3.05, 3.63) is 11.1 Å². The van der Waals surface area contributed by atoms with Crippen LogP contribution in [0.1, 0.15) is 27.2 Å². The van der Waals surface area contributed by atoms with E-state index in [-0.39, 0.29) is 17.5 Å². The van der Waals surface area contributed by atoms with Gasteiger partial charge in [-0.15, -0.1) is 0 Å². The Balaban J connectivity index is 4.70. The van der Waals surface area contributed by atoms with Crippen LogP contribution in [0.25, 0.3) is 0 Å². The Hall–Kier alpha value is -0.970. The van der Waals surface area contributed by atoms with Crippen LogP contribution in [0.3, 0.4) is 0 Å². The maximum atomic E-state index is 12.0. The number of carboxylic acids is 1. The molecule has 0 rings (SSSR count). The first-order valence-corrected chi connectivity index (χ1v) is 6.89. The molecule has 4 nitrogen and oxygen atoms in total. The zero-order chi connectivity index (χ0) is 13.6. The quantitative estimate of drug-likeness (QED) is 0.741. The predicted molar refractivity (Wildman–Crippen MR) is 71.2 cm³/mol. The summed E-state index contributed by atoms with van der Waals surface area (Å²) in [4.78, 5) is 24.4. The Labute approximate surface area is 107 Å². The van der Waals surface area contributed by atoms with Gasteiger partial charge in [-0.3, -0.25) is 4.79 Å². The number of thioether (sulfide) groups is 1. The summed E-state index contributed by atoms with van der Waals surface area (Å²) in [5.41, 5.74) is 0.412. The van der Waals surface area contributed by atoms with E-state index in [9.17, 15) is 9.59 Å². The summed E-state index contributed by atoms with van der Waals surface area (Å²) in [6, 6.07) is 0.117. The molecule has 1 N–H and O–H groups in total. The highest BCUT2D eigenvalue weighted by atomic mass is 32.2. The highest BCUT2D eigenvalue weighted by Crippen LogP contribution is 2.12. The molecule has 0 aromatic carbocycles. The molecule has 0 saturated carbocycles. The molecule has 0 spiro atoms. The number of aliphatic carboxylic acids is 1. The van der Waals surface area contributed by atoms with Crippen molar-refractivity contribution in [3.8, 4) is 0 Å². The topological polar surface area (TPSA) is 57.6 Å². The van der Waals surface area contributed by atoms with Gasteiger partial charge in [-0.2, -0.15) is 11.8 Å². The molecule has 0 aromatic heterocycles. The molecule has 0 fully saturated rings. The van der Waals surface area contributed by atoms with E-state index in [1.165, 1.54) is 6.92 Å². The van der Waals surface area contributed by atoms with E-state index in [2.05, 4.69) is 0 Å². The number of hydrogen-bond acceptors (Lipinski definition) is 3. The first-order chi connectivity index (χ1) is 7.82. The Morgan fingerprint density at radius 1 is 1.29 bits per heavy atom. The van der Waals surface area contributed by atoms with E-state index in [0.717, 1.165) is 12.2 Å². The second-order valence-electron chi connectivity index (χ2n) is 4.10. The maximum Gasteiger partial charge on any atom is 0.331 e. The molecule has 1 unspecified atom stereocenters. The van der Waals surface area contributed by atoms with Crippen LogP contribution in [0.4, 0.5) is 0 Å². The van der Waals surface area contributed by atoms with Crippen LogP contribution in [0.2, 0.25) is 0 Å². The van der Waals surface area contributed by atoms with Crippen LogP contribution < -0.4 is 0 Å². The van der Waals surface area contributed by atoms with Gasteiger partial charge in [0.05, 0.1) is 0 Å². The van der Waals surface area contributed by atoms with Crippen molar-refractivity contribution in [2.24, 2.45) is 0 Å². The van der Waals surface area contributed by atoms with Crippen LogP contribution in [-0.2, 0) is 9.59 Å². The molecule has 0 aromatic rings. The Kier molecular flexibility index (Phi) is 6.95. The second-order valence-corrected chi connectivity index (χ2v) is 5.09. The van der Waals surface area contributed by atoms with E-state index >= 15 is 0 Å². The van der Waals surface area contributed by atoms with Crippen LogP contribution in [0.5, 0.6) is 0 Å². The van der Waals surface area contributed by atoms with Gasteiger partial charge in [0, 0.05) is 24.2 Å². The number of likely N-dealkylation sites (N-methyl/N-ethyl adjacent to an activating group) is 1. The zero-order valence-electron chi connectivity index (χ0n) is 11.1. The fraction of sp³-hybridized carbons (Fsp3) is 0.667. The Morgan fingerprint density at radius 3 is 2.24 bits per heavy atom. The molecule has 0 aliphatic heterocycles. The lowest BCUT2D eigenvalue weighted by Gasteiger charge is -2.25. The van der Waals surface area contributed by atoms with Crippen LogP contribution in [0, 0.1) is 0 Å². The Morgan fingerprint density at radius 2 is 1.82 bits per heavy atom. The lowest BCUT2D eigenvalue weighted by molar-refractivity contribution is -0.134. The highest BCUT2D eigenvalue weighted by Gasteiger charge is 2.20. The summed E-state index contributed by atoms with van der Waals surface area (Å²) < 4.78 is 0. The van der Waals surface area contributed by atoms with Gasteiger partial charge in [-0.05, 0) is 39.2 Å². The minimum atomic E-state index is -1.04. The van der Waals surface area contributed by atoms with E-state index in [1.807, 2.05) is 13.2 Å². The minimum absolute atomic E-state index is 0.110. The smallest absolute Gasteiger partial charge is 0.331 e. The van der Waals surface area contributed by atoms with Crippen molar-refractivity contribution in [1.29, 1.82) is 0 Å². The minimum Gasteiger partial charge on any atom is -0.478 e. The fourth-order valence-corrected chi connectivity index (χ4v) is 1.84. The van der Waals surface area contributed by atoms with Gasteiger partial charge in [0.1, 0.15) is 0 Å². The molecule has 17 heavy (non-hydrogen) atoms. The number of amides is 1. The normalized spacial score (nSPS) is 13.9. The molecule has 1 amide bonds. The summed E-state index contributed by atoms with van der Waals surface area (Å²) >= 11 is 1.73. The standard InChI is InChI=1S/C12H21NO3S/c1-8(6-7-17-5)13(4)11(14)9(2)10(3)12(15)16/h8H,6-7H2,1-5H3,(H,15,16). The van der Waals surface area contributed by atoms with Crippen LogP contribution >= 0.6 is 11.8 Å². The molecule has 1 atom stereocenters. The highest BCUT2D eigenvalue weighted by molar-refractivity contribution is 7.98. The number of carbonyl (C=O) groups is 2. The van der Waals surface area contributed by atoms with Gasteiger partial charge < -0.3 is 10.0 Å². The lowest BCUT2D eigenvalue weighted by Crippen LogP contribution is -2.36. The largest absolute Gasteiger partial charge is 0.478 e. The van der Waals surface area contributed by atoms with E-state index in [1.54, 1.807) is 30.6 Å². The number of carboxylic acid groups (broad SMARTS) is 1. The summed E-state index contributed by atoms with van der Waals surface area (Å²) in [6.07, 6.45) is 2.93. The van der Waals surface area contributed by atoms with Crippen LogP contribution in [-0.4, -0.2) is 47.0 Å². The van der Waals surface area contributed by atoms with Crippen molar-refractivity contribution in [3.63, 3.8) is 0 Å². The van der Waals surface area contributed by atoms with Gasteiger partial charge in [-0.1, -0.05) is 0 Å². The van der Waals surface area contributed by atoms with Crippen molar-refractivity contribution in [2.45, 2.75) is 33.2 Å². The van der Waals surface area contributed by atoms with E-state index < -0.39 is 5.97 Å². The number of nitrogens with zero attached hydrogens (tertiary/aromatic N) is 1. The van der Waals surface area contributed by atoms with Crippen molar-refractivity contribution in [1.82, 2.24) is 4.90 Å². The molecule has 0 radical (unpaired) electrons. The van der Waals surface area contributed by atoms with Crippen molar-refractivity contribution < 1.29 is 14.7 Å². The van der Waals surface area contributed by atoms with Crippen molar-refractivity contribution >= 4 is 23.6 Å². The summed E-state index contributed by atoms with van der Waals surface area (Å²) in [5, 5.41) is 8.83. The van der Waals surface area contributed by atoms with E-state index in [4.69, 9.17) is 5.11 Å². The maximum absolute atomic E-state index is 12.0. The predicted octanol–water partition coefficient (Wildman–Crippen LogP) is 2.01. The summed E-state index contributed by atoms with van der Waals surface area (Å²) in [6.45, 7) is 4.98. The van der Waals surface area contributed by atoms with E-state index in [0.29, 0.717) is 5.57 Å². The molecular formula is C12H21NO3S. The van der Waals surface area contributed by atoms with Gasteiger partial charge >= 0.3 is 5.97 Å². The van der Waals surface area contributed by atoms with Gasteiger partial charge in [-0.25, -0.2) is 4.79 Å². The summed E-state index contributed by atoms with van der Waals surface area (Å²) in [7, 11) is 1.71. The third-order valence-corrected chi connectivity index (χ3v) is 3.57. The number of carbonyl (C=O) groups excluding carboxylic acids is 1. The SMILES string of the molecule is CSCCC(C)N(C)C(=O)C(C)=C(C)C(=O)O. The molecule has 0 aliphatic carbocycles. The zero-order valence-corrected chi connectivity index (χ0v) is 11.9. The molecule has 5 heteroatoms. The monoisotopic (exact) mass is 259 g/mol. The molecule has 0 bridgehead atoms. The Bertz CT molecular complexity index is 326. The first-order valence-electron chi connectivity index (χ1n) is 5.49. The first kappa shape index (κ1) is 16.0. The molecule has 98 valence electrons. The van der Waals surface area contributed by atoms with Gasteiger partial charge in [0.2, 0.25) is 5.91 Å². The van der Waals surface area contributed by atoms with Crippen molar-refractivity contribution in [2.75, 3.05) is 19.1 Å². The average Bonchev–Trinajstić information content (AvgIpc) is 2.31. The number of rotatable bonds is 6. The average molecular weight is 259 g/mol. The lowest BCUT2D eigenvalue weighted by atomic mass is 10.1. The van der Waals surface area contributed by atoms with Gasteiger partial charge in [0.25, 0.3) is 0 Å². The molecular weight excluding hydrogens is 238 g/mol. The fourth-order valence-electron chi connectivity index (χ4n) is 1.27. The van der Waals surface area contributed by atoms with Crippen LogP contribution in [0.15, 0.2) is 11.1 Å². The number of hydrogen-bond donors (Lipinski definition) is 1. The molecule has 0 aliphatic rings. The summed E-state index contributed by atoms with van der Waals surface area (Å²) in [5.74, 6) is -0.265. The third-order valence-electron chi connectivity index (χ3n) is 2.93. The third kappa shape index (κ3) is 4.81. The molecule has 0 heterocycles.